The molecule has 8 nitrogen and oxygen atoms in total. The summed E-state index contributed by atoms with van der Waals surface area (Å²) in [6.07, 6.45) is 0.929. The molecule has 2 N–H and O–H groups in total. The summed E-state index contributed by atoms with van der Waals surface area (Å²) in [6, 6.07) is 9.46. The van der Waals surface area contributed by atoms with Gasteiger partial charge in [-0.15, -0.1) is 0 Å². The van der Waals surface area contributed by atoms with Crippen molar-refractivity contribution in [2.75, 3.05) is 55.5 Å². The lowest BCUT2D eigenvalue weighted by molar-refractivity contribution is -0.117. The number of aromatic nitrogens is 2. The smallest absolute Gasteiger partial charge is 0.246 e. The van der Waals surface area contributed by atoms with Crippen molar-refractivity contribution in [3.63, 3.8) is 0 Å². The van der Waals surface area contributed by atoms with Gasteiger partial charge in [0.2, 0.25) is 11.9 Å². The van der Waals surface area contributed by atoms with Crippen LogP contribution in [0.4, 0.5) is 17.5 Å². The van der Waals surface area contributed by atoms with Gasteiger partial charge in [0.1, 0.15) is 11.6 Å². The largest absolute Gasteiger partial charge is 0.497 e. The molecule has 27 heavy (non-hydrogen) atoms. The van der Waals surface area contributed by atoms with Crippen molar-refractivity contribution in [1.82, 2.24) is 9.97 Å². The molecule has 0 radical (unpaired) electrons. The van der Waals surface area contributed by atoms with E-state index in [2.05, 4.69) is 9.97 Å². The van der Waals surface area contributed by atoms with Gasteiger partial charge in [0, 0.05) is 43.4 Å². The zero-order valence-corrected chi connectivity index (χ0v) is 15.3. The summed E-state index contributed by atoms with van der Waals surface area (Å²) in [5, 5.41) is 0. The van der Waals surface area contributed by atoms with Crippen LogP contribution in [0.25, 0.3) is 0 Å². The molecule has 3 heterocycles. The first-order valence-corrected chi connectivity index (χ1v) is 9.05. The molecule has 2 aromatic rings. The van der Waals surface area contributed by atoms with Gasteiger partial charge in [0.25, 0.3) is 0 Å². The molecule has 8 heteroatoms. The molecule has 2 saturated heterocycles. The van der Waals surface area contributed by atoms with Gasteiger partial charge in [0.15, 0.2) is 0 Å². The Labute approximate surface area is 157 Å². The highest BCUT2D eigenvalue weighted by atomic mass is 16.5. The van der Waals surface area contributed by atoms with Crippen LogP contribution in [0.3, 0.4) is 0 Å². The number of hydrogen-bond donors (Lipinski definition) is 1. The van der Waals surface area contributed by atoms with E-state index in [-0.39, 0.29) is 24.3 Å². The highest BCUT2D eigenvalue weighted by Gasteiger charge is 2.28. The SMILES string of the molecule is COc1cccc(N2CCN(c3cc(C4CCOC4)nc(N)n3)CC2=O)c1. The number of piperazine rings is 1. The fourth-order valence-corrected chi connectivity index (χ4v) is 3.53. The number of nitrogen functional groups attached to an aromatic ring is 1. The van der Waals surface area contributed by atoms with E-state index in [4.69, 9.17) is 15.2 Å². The fraction of sp³-hybridized carbons (Fsp3) is 0.421. The second-order valence-corrected chi connectivity index (χ2v) is 6.74. The first-order valence-electron chi connectivity index (χ1n) is 9.05. The number of benzene rings is 1. The van der Waals surface area contributed by atoms with Crippen molar-refractivity contribution < 1.29 is 14.3 Å². The Kier molecular flexibility index (Phi) is 4.81. The van der Waals surface area contributed by atoms with Crippen LogP contribution in [-0.4, -0.2) is 55.8 Å². The van der Waals surface area contributed by atoms with Gasteiger partial charge in [-0.3, -0.25) is 4.79 Å². The Morgan fingerprint density at radius 1 is 1.26 bits per heavy atom. The lowest BCUT2D eigenvalue weighted by atomic mass is 10.0. The van der Waals surface area contributed by atoms with Crippen LogP contribution < -0.4 is 20.3 Å². The van der Waals surface area contributed by atoms with Gasteiger partial charge in [-0.2, -0.15) is 4.98 Å². The van der Waals surface area contributed by atoms with Crippen LogP contribution in [0.5, 0.6) is 5.75 Å². The third-order valence-corrected chi connectivity index (χ3v) is 5.01. The monoisotopic (exact) mass is 369 g/mol. The van der Waals surface area contributed by atoms with Crippen LogP contribution in [0, 0.1) is 0 Å². The highest BCUT2D eigenvalue weighted by molar-refractivity contribution is 5.97. The van der Waals surface area contributed by atoms with Crippen LogP contribution in [0.2, 0.25) is 0 Å². The van der Waals surface area contributed by atoms with Crippen molar-refractivity contribution in [2.45, 2.75) is 12.3 Å². The van der Waals surface area contributed by atoms with Gasteiger partial charge >= 0.3 is 0 Å². The van der Waals surface area contributed by atoms with Gasteiger partial charge in [0.05, 0.1) is 26.0 Å². The molecule has 1 aromatic carbocycles. The molecular weight excluding hydrogens is 346 g/mol. The quantitative estimate of drug-likeness (QED) is 0.871. The van der Waals surface area contributed by atoms with Crippen molar-refractivity contribution in [2.24, 2.45) is 0 Å². The van der Waals surface area contributed by atoms with E-state index in [1.807, 2.05) is 35.2 Å². The van der Waals surface area contributed by atoms with Gasteiger partial charge in [-0.05, 0) is 18.6 Å². The van der Waals surface area contributed by atoms with Gasteiger partial charge in [-0.25, -0.2) is 4.98 Å². The second-order valence-electron chi connectivity index (χ2n) is 6.74. The molecule has 0 spiro atoms. The third-order valence-electron chi connectivity index (χ3n) is 5.01. The molecule has 2 fully saturated rings. The molecule has 0 bridgehead atoms. The Balaban J connectivity index is 1.51. The topological polar surface area (TPSA) is 93.8 Å². The maximum absolute atomic E-state index is 12.8. The minimum absolute atomic E-state index is 0.0115. The average Bonchev–Trinajstić information content (AvgIpc) is 3.22. The zero-order valence-electron chi connectivity index (χ0n) is 15.3. The molecule has 1 amide bonds. The third kappa shape index (κ3) is 3.66. The molecule has 2 aliphatic heterocycles. The normalized spacial score (nSPS) is 20.2. The van der Waals surface area contributed by atoms with E-state index in [0.29, 0.717) is 25.5 Å². The number of amides is 1. The zero-order chi connectivity index (χ0) is 18.8. The summed E-state index contributed by atoms with van der Waals surface area (Å²) < 4.78 is 10.7. The maximum atomic E-state index is 12.8. The molecule has 4 rings (SSSR count). The van der Waals surface area contributed by atoms with E-state index in [1.165, 1.54) is 0 Å². The molecule has 0 aliphatic carbocycles. The van der Waals surface area contributed by atoms with E-state index in [1.54, 1.807) is 12.0 Å². The maximum Gasteiger partial charge on any atom is 0.246 e. The number of carbonyl (C=O) groups excluding carboxylic acids is 1. The van der Waals surface area contributed by atoms with Crippen LogP contribution in [0.1, 0.15) is 18.0 Å². The number of carbonyl (C=O) groups is 1. The Bertz CT molecular complexity index is 838. The minimum atomic E-state index is 0.0115. The van der Waals surface area contributed by atoms with E-state index in [9.17, 15) is 4.79 Å². The Morgan fingerprint density at radius 3 is 2.89 bits per heavy atom. The standard InChI is InChI=1S/C19H23N5O3/c1-26-15-4-2-3-14(9-15)24-7-6-23(11-18(24)25)17-10-16(21-19(20)22-17)13-5-8-27-12-13/h2-4,9-10,13H,5-8,11-12H2,1H3,(H2,20,21,22). The summed E-state index contributed by atoms with van der Waals surface area (Å²) in [5.41, 5.74) is 7.64. The van der Waals surface area contributed by atoms with Crippen LogP contribution in [0.15, 0.2) is 30.3 Å². The fourth-order valence-electron chi connectivity index (χ4n) is 3.53. The number of nitrogens with zero attached hydrogens (tertiary/aromatic N) is 4. The average molecular weight is 369 g/mol. The first-order chi connectivity index (χ1) is 13.1. The van der Waals surface area contributed by atoms with E-state index >= 15 is 0 Å². The lowest BCUT2D eigenvalue weighted by Gasteiger charge is -2.35. The molecule has 142 valence electrons. The second kappa shape index (κ2) is 7.40. The number of nitrogens with two attached hydrogens (primary N) is 1. The number of rotatable bonds is 4. The highest BCUT2D eigenvalue weighted by Crippen LogP contribution is 2.28. The van der Waals surface area contributed by atoms with Crippen molar-refractivity contribution >= 4 is 23.4 Å². The summed E-state index contributed by atoms with van der Waals surface area (Å²) in [6.45, 7) is 2.87. The van der Waals surface area contributed by atoms with E-state index in [0.717, 1.165) is 30.2 Å². The number of hydrogen-bond acceptors (Lipinski definition) is 7. The van der Waals surface area contributed by atoms with Crippen molar-refractivity contribution in [1.29, 1.82) is 0 Å². The van der Waals surface area contributed by atoms with Crippen LogP contribution in [-0.2, 0) is 9.53 Å². The summed E-state index contributed by atoms with van der Waals surface area (Å²) >= 11 is 0. The number of ether oxygens (including phenoxy) is 2. The predicted molar refractivity (Wildman–Crippen MR) is 102 cm³/mol. The molecule has 1 aromatic heterocycles. The van der Waals surface area contributed by atoms with E-state index < -0.39 is 0 Å². The molecular formula is C19H23N5O3. The summed E-state index contributed by atoms with van der Waals surface area (Å²) in [7, 11) is 1.62. The molecule has 2 aliphatic rings. The number of methoxy groups -OCH3 is 1. The predicted octanol–water partition coefficient (Wildman–Crippen LogP) is 1.42. The molecule has 0 saturated carbocycles. The lowest BCUT2D eigenvalue weighted by Crippen LogP contribution is -2.51. The first kappa shape index (κ1) is 17.5. The van der Waals surface area contributed by atoms with Gasteiger partial charge < -0.3 is 25.0 Å². The van der Waals surface area contributed by atoms with Crippen LogP contribution >= 0.6 is 0 Å². The molecule has 1 unspecified atom stereocenters. The number of anilines is 3. The summed E-state index contributed by atoms with van der Waals surface area (Å²) in [5.74, 6) is 1.91. The summed E-state index contributed by atoms with van der Waals surface area (Å²) in [4.78, 5) is 25.2. The Morgan fingerprint density at radius 2 is 2.15 bits per heavy atom. The van der Waals surface area contributed by atoms with Gasteiger partial charge in [-0.1, -0.05) is 6.07 Å². The van der Waals surface area contributed by atoms with Crippen molar-refractivity contribution in [3.05, 3.63) is 36.0 Å². The minimum Gasteiger partial charge on any atom is -0.497 e. The molecule has 1 atom stereocenters. The van der Waals surface area contributed by atoms with Crippen molar-refractivity contribution in [3.8, 4) is 5.75 Å². The Hall–Kier alpha value is -2.87.